The van der Waals surface area contributed by atoms with Crippen LogP contribution >= 0.6 is 15.9 Å². The van der Waals surface area contributed by atoms with Crippen LogP contribution < -0.4 is 0 Å². The third kappa shape index (κ3) is 2.54. The van der Waals surface area contributed by atoms with Crippen molar-refractivity contribution in [2.24, 2.45) is 0 Å². The zero-order valence-electron chi connectivity index (χ0n) is 7.20. The first-order valence-corrected chi connectivity index (χ1v) is 4.56. The van der Waals surface area contributed by atoms with Crippen LogP contribution in [-0.4, -0.2) is 29.7 Å². The Morgan fingerprint density at radius 1 is 1.62 bits per heavy atom. The summed E-state index contributed by atoms with van der Waals surface area (Å²) in [6.07, 6.45) is 0. The maximum absolute atomic E-state index is 11.5. The molecule has 0 atom stereocenters. The fourth-order valence-electron chi connectivity index (χ4n) is 0.906. The van der Waals surface area contributed by atoms with E-state index in [2.05, 4.69) is 15.9 Å². The first-order chi connectivity index (χ1) is 6.15. The Labute approximate surface area is 85.1 Å². The Hall–Kier alpha value is -0.870. The minimum absolute atomic E-state index is 0.191. The van der Waals surface area contributed by atoms with Gasteiger partial charge in [-0.25, -0.2) is 0 Å². The van der Waals surface area contributed by atoms with Gasteiger partial charge in [0.25, 0.3) is 5.91 Å². The van der Waals surface area contributed by atoms with Crippen molar-refractivity contribution < 1.29 is 9.90 Å². The number of halogens is 1. The van der Waals surface area contributed by atoms with Gasteiger partial charge in [-0.2, -0.15) is 0 Å². The lowest BCUT2D eigenvalue weighted by Crippen LogP contribution is -2.27. The third-order valence-corrected chi connectivity index (χ3v) is 2.12. The largest absolute Gasteiger partial charge is 0.376 e. The van der Waals surface area contributed by atoms with E-state index in [1.807, 2.05) is 6.07 Å². The molecule has 1 N–H and O–H groups in total. The van der Waals surface area contributed by atoms with Gasteiger partial charge in [0.15, 0.2) is 0 Å². The molecule has 0 heterocycles. The van der Waals surface area contributed by atoms with Gasteiger partial charge in [-0.3, -0.25) is 4.79 Å². The summed E-state index contributed by atoms with van der Waals surface area (Å²) < 4.78 is 0.852. The molecule has 1 aromatic rings. The molecule has 0 radical (unpaired) electrons. The van der Waals surface area contributed by atoms with Crippen LogP contribution in [0.3, 0.4) is 0 Å². The standard InChI is InChI=1S/C9H10BrNO2/c1-11(6-12)9(13)7-3-2-4-8(10)5-7/h2-5,12H,6H2,1H3. The lowest BCUT2D eigenvalue weighted by atomic mass is 10.2. The summed E-state index contributed by atoms with van der Waals surface area (Å²) in [5.74, 6) is -0.191. The van der Waals surface area contributed by atoms with Gasteiger partial charge in [0.1, 0.15) is 6.73 Å². The number of amides is 1. The molecule has 4 heteroatoms. The number of nitrogens with zero attached hydrogens (tertiary/aromatic N) is 1. The van der Waals surface area contributed by atoms with Gasteiger partial charge in [-0.1, -0.05) is 22.0 Å². The number of aliphatic hydroxyl groups excluding tert-OH is 1. The van der Waals surface area contributed by atoms with E-state index >= 15 is 0 Å². The first kappa shape index (κ1) is 10.2. The highest BCUT2D eigenvalue weighted by atomic mass is 79.9. The third-order valence-electron chi connectivity index (χ3n) is 1.63. The van der Waals surface area contributed by atoms with Crippen molar-refractivity contribution in [3.63, 3.8) is 0 Å². The van der Waals surface area contributed by atoms with Crippen molar-refractivity contribution in [2.75, 3.05) is 13.8 Å². The van der Waals surface area contributed by atoms with Crippen molar-refractivity contribution in [3.8, 4) is 0 Å². The van der Waals surface area contributed by atoms with E-state index in [1.54, 1.807) is 25.2 Å². The minimum atomic E-state index is -0.272. The molecule has 1 aromatic carbocycles. The first-order valence-electron chi connectivity index (χ1n) is 3.77. The fraction of sp³-hybridized carbons (Fsp3) is 0.222. The molecule has 13 heavy (non-hydrogen) atoms. The van der Waals surface area contributed by atoms with Crippen LogP contribution in [0.15, 0.2) is 28.7 Å². The summed E-state index contributed by atoms with van der Waals surface area (Å²) >= 11 is 3.27. The van der Waals surface area contributed by atoms with E-state index in [4.69, 9.17) is 5.11 Å². The van der Waals surface area contributed by atoms with Crippen LogP contribution in [0.4, 0.5) is 0 Å². The Morgan fingerprint density at radius 2 is 2.31 bits per heavy atom. The van der Waals surface area contributed by atoms with Crippen molar-refractivity contribution in [3.05, 3.63) is 34.3 Å². The summed E-state index contributed by atoms with van der Waals surface area (Å²) in [5.41, 5.74) is 0.561. The minimum Gasteiger partial charge on any atom is -0.376 e. The second-order valence-electron chi connectivity index (χ2n) is 2.65. The predicted molar refractivity (Wildman–Crippen MR) is 53.3 cm³/mol. The Morgan fingerprint density at radius 3 is 2.85 bits per heavy atom. The number of aliphatic hydroxyl groups is 1. The van der Waals surface area contributed by atoms with Crippen molar-refractivity contribution >= 4 is 21.8 Å². The monoisotopic (exact) mass is 243 g/mol. The van der Waals surface area contributed by atoms with Crippen LogP contribution in [0.5, 0.6) is 0 Å². The molecule has 0 fully saturated rings. The molecule has 1 amide bonds. The van der Waals surface area contributed by atoms with E-state index in [9.17, 15) is 4.79 Å². The molecule has 0 aliphatic rings. The van der Waals surface area contributed by atoms with Crippen LogP contribution in [0, 0.1) is 0 Å². The van der Waals surface area contributed by atoms with E-state index in [0.717, 1.165) is 4.47 Å². The molecule has 0 saturated carbocycles. The molecular formula is C9H10BrNO2. The molecule has 0 aromatic heterocycles. The zero-order valence-corrected chi connectivity index (χ0v) is 8.78. The van der Waals surface area contributed by atoms with Gasteiger partial charge < -0.3 is 10.0 Å². The highest BCUT2D eigenvalue weighted by molar-refractivity contribution is 9.10. The SMILES string of the molecule is CN(CO)C(=O)c1cccc(Br)c1. The molecule has 0 spiro atoms. The number of hydrogen-bond acceptors (Lipinski definition) is 2. The lowest BCUT2D eigenvalue weighted by molar-refractivity contribution is 0.0629. The van der Waals surface area contributed by atoms with Gasteiger partial charge in [0.2, 0.25) is 0 Å². The van der Waals surface area contributed by atoms with Gasteiger partial charge in [0.05, 0.1) is 0 Å². The summed E-state index contributed by atoms with van der Waals surface area (Å²) in [4.78, 5) is 12.7. The quantitative estimate of drug-likeness (QED) is 0.800. The highest BCUT2D eigenvalue weighted by Crippen LogP contribution is 2.12. The normalized spacial score (nSPS) is 9.77. The highest BCUT2D eigenvalue weighted by Gasteiger charge is 2.09. The summed E-state index contributed by atoms with van der Waals surface area (Å²) in [7, 11) is 1.54. The molecule has 3 nitrogen and oxygen atoms in total. The smallest absolute Gasteiger partial charge is 0.255 e. The van der Waals surface area contributed by atoms with Gasteiger partial charge in [0, 0.05) is 17.1 Å². The number of carbonyl (C=O) groups is 1. The molecule has 0 aliphatic heterocycles. The summed E-state index contributed by atoms with van der Waals surface area (Å²) in [6, 6.07) is 7.05. The van der Waals surface area contributed by atoms with E-state index in [0.29, 0.717) is 5.56 Å². The number of rotatable bonds is 2. The number of hydrogen-bond donors (Lipinski definition) is 1. The van der Waals surface area contributed by atoms with Crippen LogP contribution in [-0.2, 0) is 0 Å². The fourth-order valence-corrected chi connectivity index (χ4v) is 1.31. The van der Waals surface area contributed by atoms with Crippen LogP contribution in [0.1, 0.15) is 10.4 Å². The average Bonchev–Trinajstić information content (AvgIpc) is 2.15. The van der Waals surface area contributed by atoms with E-state index in [-0.39, 0.29) is 12.6 Å². The van der Waals surface area contributed by atoms with Gasteiger partial charge in [-0.15, -0.1) is 0 Å². The molecule has 1 rings (SSSR count). The van der Waals surface area contributed by atoms with Crippen molar-refractivity contribution in [1.82, 2.24) is 4.90 Å². The second kappa shape index (κ2) is 4.39. The number of benzene rings is 1. The average molecular weight is 244 g/mol. The van der Waals surface area contributed by atoms with Crippen molar-refractivity contribution in [2.45, 2.75) is 0 Å². The zero-order chi connectivity index (χ0) is 9.84. The summed E-state index contributed by atoms with van der Waals surface area (Å²) in [5, 5.41) is 8.73. The Kier molecular flexibility index (Phi) is 3.45. The van der Waals surface area contributed by atoms with Crippen LogP contribution in [0.2, 0.25) is 0 Å². The van der Waals surface area contributed by atoms with Crippen molar-refractivity contribution in [1.29, 1.82) is 0 Å². The van der Waals surface area contributed by atoms with E-state index in [1.165, 1.54) is 4.90 Å². The molecule has 70 valence electrons. The Bertz CT molecular complexity index is 314. The van der Waals surface area contributed by atoms with Crippen LogP contribution in [0.25, 0.3) is 0 Å². The molecular weight excluding hydrogens is 234 g/mol. The maximum Gasteiger partial charge on any atom is 0.255 e. The molecule has 0 unspecified atom stereocenters. The molecule has 0 saturated heterocycles. The Balaban J connectivity index is 2.89. The predicted octanol–water partition coefficient (Wildman–Crippen LogP) is 1.47. The molecule has 0 aliphatic carbocycles. The molecule has 0 bridgehead atoms. The second-order valence-corrected chi connectivity index (χ2v) is 3.57. The van der Waals surface area contributed by atoms with Gasteiger partial charge in [-0.05, 0) is 18.2 Å². The van der Waals surface area contributed by atoms with E-state index < -0.39 is 0 Å². The summed E-state index contributed by atoms with van der Waals surface area (Å²) in [6.45, 7) is -0.272. The topological polar surface area (TPSA) is 40.5 Å². The van der Waals surface area contributed by atoms with Gasteiger partial charge >= 0.3 is 0 Å². The lowest BCUT2D eigenvalue weighted by Gasteiger charge is -2.13. The maximum atomic E-state index is 11.5. The number of carbonyl (C=O) groups excluding carboxylic acids is 1.